The number of nitrogens with one attached hydrogen (secondary N) is 2. The Labute approximate surface area is 124 Å². The first-order valence-electron chi connectivity index (χ1n) is 5.82. The van der Waals surface area contributed by atoms with E-state index in [0.717, 1.165) is 16.0 Å². The third-order valence-electron chi connectivity index (χ3n) is 2.93. The monoisotopic (exact) mass is 331 g/mol. The average molecular weight is 332 g/mol. The van der Waals surface area contributed by atoms with Crippen LogP contribution in [0.1, 0.15) is 6.42 Å². The molecule has 9 heteroatoms. The third kappa shape index (κ3) is 2.51. The van der Waals surface area contributed by atoms with Crippen molar-refractivity contribution in [3.63, 3.8) is 0 Å². The fourth-order valence-corrected chi connectivity index (χ4v) is 4.68. The van der Waals surface area contributed by atoms with Gasteiger partial charge in [-0.3, -0.25) is 4.79 Å². The molecule has 1 amide bonds. The molecule has 1 saturated heterocycles. The van der Waals surface area contributed by atoms with Crippen molar-refractivity contribution in [2.75, 3.05) is 6.54 Å². The van der Waals surface area contributed by atoms with Crippen LogP contribution in [0.4, 0.5) is 0 Å². The number of halogens is 1. The number of rotatable bonds is 3. The molecule has 1 aliphatic rings. The van der Waals surface area contributed by atoms with Gasteiger partial charge in [0.1, 0.15) is 15.4 Å². The summed E-state index contributed by atoms with van der Waals surface area (Å²) in [5, 5.41) is 2.89. The Balaban J connectivity index is 1.94. The Bertz CT molecular complexity index is 787. The highest BCUT2D eigenvalue weighted by Crippen LogP contribution is 2.29. The maximum Gasteiger partial charge on any atom is 0.250 e. The van der Waals surface area contributed by atoms with E-state index >= 15 is 0 Å². The molecule has 0 bridgehead atoms. The second-order valence-corrected chi connectivity index (χ2v) is 7.75. The van der Waals surface area contributed by atoms with Crippen molar-refractivity contribution in [3.8, 4) is 0 Å². The molecule has 2 aromatic rings. The fraction of sp³-hybridized carbons (Fsp3) is 0.273. The highest BCUT2D eigenvalue weighted by molar-refractivity contribution is 7.91. The predicted molar refractivity (Wildman–Crippen MR) is 76.4 cm³/mol. The Morgan fingerprint density at radius 2 is 2.25 bits per heavy atom. The van der Waals surface area contributed by atoms with Gasteiger partial charge in [-0.2, -0.15) is 4.72 Å². The second-order valence-electron chi connectivity index (χ2n) is 4.34. The molecule has 0 unspecified atom stereocenters. The summed E-state index contributed by atoms with van der Waals surface area (Å²) in [7, 11) is -3.73. The molecule has 20 heavy (non-hydrogen) atoms. The van der Waals surface area contributed by atoms with Gasteiger partial charge in [-0.15, -0.1) is 11.3 Å². The number of pyridine rings is 1. The Morgan fingerprint density at radius 3 is 2.95 bits per heavy atom. The Hall–Kier alpha value is -1.22. The number of carbonyl (C=O) groups is 1. The molecule has 6 nitrogen and oxygen atoms in total. The van der Waals surface area contributed by atoms with E-state index in [1.807, 2.05) is 0 Å². The molecule has 1 atom stereocenters. The lowest BCUT2D eigenvalue weighted by molar-refractivity contribution is -0.120. The molecule has 2 N–H and O–H groups in total. The normalized spacial score (nSPS) is 19.4. The maximum absolute atomic E-state index is 12.2. The predicted octanol–water partition coefficient (Wildman–Crippen LogP) is 1.12. The van der Waals surface area contributed by atoms with E-state index in [1.165, 1.54) is 6.07 Å². The molecule has 0 aromatic carbocycles. The Kier molecular flexibility index (Phi) is 3.41. The molecule has 3 heterocycles. The lowest BCUT2D eigenvalue weighted by atomic mass is 10.3. The van der Waals surface area contributed by atoms with Gasteiger partial charge in [-0.1, -0.05) is 11.6 Å². The van der Waals surface area contributed by atoms with E-state index in [0.29, 0.717) is 23.6 Å². The van der Waals surface area contributed by atoms with Crippen LogP contribution in [-0.4, -0.2) is 31.9 Å². The Morgan fingerprint density at radius 1 is 1.45 bits per heavy atom. The average Bonchev–Trinajstić information content (AvgIpc) is 2.96. The second kappa shape index (κ2) is 4.96. The van der Waals surface area contributed by atoms with Crippen LogP contribution >= 0.6 is 22.9 Å². The minimum Gasteiger partial charge on any atom is -0.355 e. The highest BCUT2D eigenvalue weighted by Gasteiger charge is 2.30. The van der Waals surface area contributed by atoms with Crippen molar-refractivity contribution in [2.45, 2.75) is 16.7 Å². The molecule has 2 aromatic heterocycles. The minimum absolute atomic E-state index is 0.127. The summed E-state index contributed by atoms with van der Waals surface area (Å²) in [6, 6.07) is 4.08. The molecule has 106 valence electrons. The van der Waals surface area contributed by atoms with Crippen molar-refractivity contribution >= 4 is 49.1 Å². The van der Waals surface area contributed by atoms with Gasteiger partial charge in [0, 0.05) is 6.54 Å². The molecule has 1 aliphatic heterocycles. The van der Waals surface area contributed by atoms with Crippen LogP contribution < -0.4 is 10.0 Å². The number of hydrogen-bond acceptors (Lipinski definition) is 5. The molecule has 0 spiro atoms. The quantitative estimate of drug-likeness (QED) is 0.825. The van der Waals surface area contributed by atoms with Crippen LogP contribution in [0.25, 0.3) is 10.2 Å². The van der Waals surface area contributed by atoms with E-state index in [-0.39, 0.29) is 10.1 Å². The molecular formula is C11H10ClN3O3S2. The number of carbonyl (C=O) groups excluding carboxylic acids is 1. The maximum atomic E-state index is 12.2. The zero-order chi connectivity index (χ0) is 14.3. The van der Waals surface area contributed by atoms with E-state index in [9.17, 15) is 13.2 Å². The number of sulfonamides is 1. The van der Waals surface area contributed by atoms with Crippen LogP contribution in [0.2, 0.25) is 5.15 Å². The first kappa shape index (κ1) is 13.7. The van der Waals surface area contributed by atoms with Crippen LogP contribution in [0, 0.1) is 0 Å². The SMILES string of the molecule is O=C1NCC[C@@H]1NS(=O)(=O)c1cc2nc(Cl)ccc2s1. The number of fused-ring (bicyclic) bond motifs is 1. The molecule has 0 saturated carbocycles. The number of hydrogen-bond donors (Lipinski definition) is 2. The van der Waals surface area contributed by atoms with Crippen molar-refractivity contribution in [2.24, 2.45) is 0 Å². The standard InChI is InChI=1S/C11H10ClN3O3S2/c12-9-2-1-8-7(14-9)5-10(19-8)20(17,18)15-6-3-4-13-11(6)16/h1-2,5-6,15H,3-4H2,(H,13,16)/t6-/m0/s1. The largest absolute Gasteiger partial charge is 0.355 e. The van der Waals surface area contributed by atoms with Gasteiger partial charge >= 0.3 is 0 Å². The van der Waals surface area contributed by atoms with Crippen LogP contribution in [0.5, 0.6) is 0 Å². The van der Waals surface area contributed by atoms with Gasteiger partial charge in [0.15, 0.2) is 0 Å². The van der Waals surface area contributed by atoms with Crippen molar-refractivity contribution < 1.29 is 13.2 Å². The molecule has 0 aliphatic carbocycles. The number of nitrogens with zero attached hydrogens (tertiary/aromatic N) is 1. The summed E-state index contributed by atoms with van der Waals surface area (Å²) in [5.41, 5.74) is 0.527. The van der Waals surface area contributed by atoms with Crippen LogP contribution in [-0.2, 0) is 14.8 Å². The van der Waals surface area contributed by atoms with E-state index < -0.39 is 16.1 Å². The van der Waals surface area contributed by atoms with Gasteiger partial charge < -0.3 is 5.32 Å². The van der Waals surface area contributed by atoms with Gasteiger partial charge in [0.2, 0.25) is 5.91 Å². The summed E-state index contributed by atoms with van der Waals surface area (Å²) in [6.07, 6.45) is 0.451. The number of thiophene rings is 1. The van der Waals surface area contributed by atoms with E-state index in [2.05, 4.69) is 15.0 Å². The summed E-state index contributed by atoms with van der Waals surface area (Å²) in [6.45, 7) is 0.482. The van der Waals surface area contributed by atoms with Gasteiger partial charge in [0.05, 0.1) is 10.2 Å². The zero-order valence-corrected chi connectivity index (χ0v) is 12.5. The van der Waals surface area contributed by atoms with E-state index in [4.69, 9.17) is 11.6 Å². The molecule has 0 radical (unpaired) electrons. The summed E-state index contributed by atoms with van der Waals surface area (Å²) in [5.74, 6) is -0.296. The molecular weight excluding hydrogens is 322 g/mol. The summed E-state index contributed by atoms with van der Waals surface area (Å²) in [4.78, 5) is 15.5. The first-order chi connectivity index (χ1) is 9.45. The van der Waals surface area contributed by atoms with E-state index in [1.54, 1.807) is 12.1 Å². The van der Waals surface area contributed by atoms with Crippen LogP contribution in [0.3, 0.4) is 0 Å². The van der Waals surface area contributed by atoms with Gasteiger partial charge in [-0.05, 0) is 24.6 Å². The zero-order valence-electron chi connectivity index (χ0n) is 10.1. The lowest BCUT2D eigenvalue weighted by Crippen LogP contribution is -2.39. The third-order valence-corrected chi connectivity index (χ3v) is 6.17. The van der Waals surface area contributed by atoms with Gasteiger partial charge in [-0.25, -0.2) is 13.4 Å². The topological polar surface area (TPSA) is 88.2 Å². The van der Waals surface area contributed by atoms with Crippen molar-refractivity contribution in [3.05, 3.63) is 23.4 Å². The van der Waals surface area contributed by atoms with Crippen molar-refractivity contribution in [1.82, 2.24) is 15.0 Å². The first-order valence-corrected chi connectivity index (χ1v) is 8.49. The smallest absolute Gasteiger partial charge is 0.250 e. The highest BCUT2D eigenvalue weighted by atomic mass is 35.5. The minimum atomic E-state index is -3.73. The van der Waals surface area contributed by atoms with Gasteiger partial charge in [0.25, 0.3) is 10.0 Å². The molecule has 1 fully saturated rings. The number of aromatic nitrogens is 1. The summed E-state index contributed by atoms with van der Waals surface area (Å²) >= 11 is 6.87. The van der Waals surface area contributed by atoms with Crippen molar-refractivity contribution in [1.29, 1.82) is 0 Å². The number of amides is 1. The van der Waals surface area contributed by atoms with Crippen LogP contribution in [0.15, 0.2) is 22.4 Å². The lowest BCUT2D eigenvalue weighted by Gasteiger charge is -2.08. The summed E-state index contributed by atoms with van der Waals surface area (Å²) < 4.78 is 27.8. The molecule has 3 rings (SSSR count). The fourth-order valence-electron chi connectivity index (χ4n) is 1.96.